The van der Waals surface area contributed by atoms with Gasteiger partial charge in [0.1, 0.15) is 17.1 Å². The maximum absolute atomic E-state index is 13.2. The Kier molecular flexibility index (Phi) is 11.4. The second kappa shape index (κ2) is 16.1. The summed E-state index contributed by atoms with van der Waals surface area (Å²) in [5, 5.41) is 7.71. The first-order chi connectivity index (χ1) is 26.3. The molecule has 280 valence electrons. The number of esters is 3. The van der Waals surface area contributed by atoms with Crippen LogP contribution in [-0.4, -0.2) is 74.9 Å². The number of carbonyl (C=O) groups excluding carboxylic acids is 5. The third-order valence-corrected chi connectivity index (χ3v) is 8.11. The third kappa shape index (κ3) is 7.31. The minimum absolute atomic E-state index is 0.0392. The lowest BCUT2D eigenvalue weighted by Crippen LogP contribution is -2.23. The van der Waals surface area contributed by atoms with Crippen LogP contribution in [0.1, 0.15) is 86.8 Å². The number of fused-ring (bicyclic) bond motifs is 2. The molecule has 0 aliphatic rings. The third-order valence-electron chi connectivity index (χ3n) is 8.11. The maximum Gasteiger partial charge on any atom is 0.377 e. The lowest BCUT2D eigenvalue weighted by Gasteiger charge is -2.09. The summed E-state index contributed by atoms with van der Waals surface area (Å²) in [4.78, 5) is 74.2. The summed E-state index contributed by atoms with van der Waals surface area (Å²) in [5.41, 5.74) is 2.69. The van der Waals surface area contributed by atoms with Crippen molar-refractivity contribution in [1.82, 2.24) is 24.0 Å². The number of amides is 1. The van der Waals surface area contributed by atoms with Gasteiger partial charge in [0.05, 0.1) is 61.6 Å². The van der Waals surface area contributed by atoms with Gasteiger partial charge in [0.2, 0.25) is 5.69 Å². The number of ketones is 1. The molecule has 0 radical (unpaired) electrons. The summed E-state index contributed by atoms with van der Waals surface area (Å²) in [6.45, 7) is 16.0. The lowest BCUT2D eigenvalue weighted by molar-refractivity contribution is 0.0580. The number of hydrogen-bond donors (Lipinski definition) is 1. The molecule has 0 bridgehead atoms. The van der Waals surface area contributed by atoms with E-state index in [0.29, 0.717) is 27.9 Å². The van der Waals surface area contributed by atoms with Crippen molar-refractivity contribution in [1.29, 1.82) is 0 Å². The van der Waals surface area contributed by atoms with Gasteiger partial charge < -0.3 is 24.3 Å². The smallest absolute Gasteiger partial charge is 0.377 e. The number of rotatable bonds is 8. The Morgan fingerprint density at radius 1 is 0.745 bits per heavy atom. The molecular formula is C39H35N7O9. The van der Waals surface area contributed by atoms with Crippen LogP contribution in [0.4, 0.5) is 11.4 Å². The molecule has 2 aromatic carbocycles. The second-order valence-corrected chi connectivity index (χ2v) is 12.2. The summed E-state index contributed by atoms with van der Waals surface area (Å²) in [6, 6.07) is 15.4. The quantitative estimate of drug-likeness (QED) is 0.0982. The van der Waals surface area contributed by atoms with Gasteiger partial charge in [-0.3, -0.25) is 14.0 Å². The van der Waals surface area contributed by atoms with Crippen molar-refractivity contribution in [3.63, 3.8) is 0 Å². The molecule has 0 spiro atoms. The predicted octanol–water partition coefficient (Wildman–Crippen LogP) is 4.69. The number of hydrogen-bond acceptors (Lipinski definition) is 12. The van der Waals surface area contributed by atoms with Gasteiger partial charge in [-0.2, -0.15) is 0 Å². The average molecular weight is 746 g/mol. The van der Waals surface area contributed by atoms with Crippen LogP contribution in [0.5, 0.6) is 11.5 Å². The molecule has 0 atom stereocenters. The van der Waals surface area contributed by atoms with Crippen LogP contribution in [0.3, 0.4) is 0 Å². The predicted molar refractivity (Wildman–Crippen MR) is 199 cm³/mol. The molecule has 0 saturated carbocycles. The topological polar surface area (TPSA) is 186 Å². The normalized spacial score (nSPS) is 10.5. The van der Waals surface area contributed by atoms with Crippen molar-refractivity contribution in [2.24, 2.45) is 0 Å². The van der Waals surface area contributed by atoms with E-state index in [1.807, 2.05) is 0 Å². The number of para-hydroxylation sites is 3. The largest absolute Gasteiger partial charge is 0.495 e. The molecule has 0 unspecified atom stereocenters. The summed E-state index contributed by atoms with van der Waals surface area (Å²) >= 11 is 0. The molecule has 0 saturated heterocycles. The molecule has 0 aliphatic heterocycles. The minimum Gasteiger partial charge on any atom is -0.495 e. The number of anilines is 1. The van der Waals surface area contributed by atoms with Gasteiger partial charge in [0.15, 0.2) is 22.8 Å². The molecule has 4 aromatic heterocycles. The Balaban J connectivity index is 0.000000212. The van der Waals surface area contributed by atoms with Crippen molar-refractivity contribution in [2.75, 3.05) is 26.6 Å². The molecule has 16 nitrogen and oxygen atoms in total. The number of ether oxygens (including phenoxy) is 4. The molecule has 4 heterocycles. The van der Waals surface area contributed by atoms with E-state index in [9.17, 15) is 24.0 Å². The van der Waals surface area contributed by atoms with Gasteiger partial charge in [-0.1, -0.05) is 41.5 Å². The van der Waals surface area contributed by atoms with E-state index in [1.165, 1.54) is 43.4 Å². The van der Waals surface area contributed by atoms with Crippen LogP contribution in [-0.2, 0) is 9.47 Å². The van der Waals surface area contributed by atoms with E-state index >= 15 is 0 Å². The van der Waals surface area contributed by atoms with Crippen molar-refractivity contribution in [3.8, 4) is 11.5 Å². The standard InChI is InChI=1S/C21H21N3O5.C18H14N4O4/c1-11(2)18-16(12(3)25)17(19-22-10-14(24(18)19)21(27)29-5)20(26)23-13-8-6-7-9-15(13)28-4;1-10(2)14-13(19-3)12(17(23)26-11-8-6-5-7-9-11)16-20-15(18(24)25-4)21-22(14)16/h6-10H,1-5H3,(H,23,26);5-9H,1-2,4H3. The number of nitrogens with one attached hydrogen (secondary N) is 1. The molecule has 0 aliphatic carbocycles. The van der Waals surface area contributed by atoms with E-state index in [2.05, 4.69) is 30.0 Å². The first kappa shape index (κ1) is 38.8. The lowest BCUT2D eigenvalue weighted by atomic mass is 10.1. The van der Waals surface area contributed by atoms with E-state index in [0.717, 1.165) is 11.1 Å². The van der Waals surface area contributed by atoms with Crippen LogP contribution in [0, 0.1) is 6.57 Å². The fourth-order valence-electron chi connectivity index (χ4n) is 5.83. The van der Waals surface area contributed by atoms with Crippen molar-refractivity contribution < 1.29 is 42.9 Å². The monoisotopic (exact) mass is 745 g/mol. The van der Waals surface area contributed by atoms with Crippen LogP contribution in [0.25, 0.3) is 27.3 Å². The number of carbonyl (C=O) groups is 5. The van der Waals surface area contributed by atoms with Crippen molar-refractivity contribution in [2.45, 2.75) is 34.6 Å². The Morgan fingerprint density at radius 3 is 1.96 bits per heavy atom. The van der Waals surface area contributed by atoms with Gasteiger partial charge >= 0.3 is 17.9 Å². The highest BCUT2D eigenvalue weighted by Gasteiger charge is 2.30. The molecule has 16 heteroatoms. The zero-order chi connectivity index (χ0) is 40.1. The average Bonchev–Trinajstić information content (AvgIpc) is 3.93. The number of Topliss-reactive ketones (excluding diaryl/α,β-unsaturated/α-hetero) is 1. The molecule has 1 amide bonds. The van der Waals surface area contributed by atoms with E-state index in [-0.39, 0.29) is 51.0 Å². The summed E-state index contributed by atoms with van der Waals surface area (Å²) < 4.78 is 22.9. The highest BCUT2D eigenvalue weighted by atomic mass is 16.5. The molecule has 6 rings (SSSR count). The van der Waals surface area contributed by atoms with Gasteiger partial charge in [0, 0.05) is 0 Å². The van der Waals surface area contributed by atoms with Crippen LogP contribution in [0.2, 0.25) is 0 Å². The molecule has 55 heavy (non-hydrogen) atoms. The number of nitrogens with zero attached hydrogens (tertiary/aromatic N) is 6. The Hall–Kier alpha value is -7.41. The second-order valence-electron chi connectivity index (χ2n) is 12.2. The van der Waals surface area contributed by atoms with Gasteiger partial charge in [-0.05, 0) is 58.9 Å². The summed E-state index contributed by atoms with van der Waals surface area (Å²) in [5.74, 6) is -2.33. The minimum atomic E-state index is -0.747. The van der Waals surface area contributed by atoms with Gasteiger partial charge in [-0.15, -0.1) is 5.10 Å². The molecule has 0 fully saturated rings. The first-order valence-electron chi connectivity index (χ1n) is 16.5. The zero-order valence-corrected chi connectivity index (χ0v) is 31.1. The van der Waals surface area contributed by atoms with Crippen LogP contribution >= 0.6 is 0 Å². The highest BCUT2D eigenvalue weighted by Crippen LogP contribution is 2.27. The van der Waals surface area contributed by atoms with E-state index < -0.39 is 23.8 Å². The van der Waals surface area contributed by atoms with Gasteiger partial charge in [-0.25, -0.2) is 33.7 Å². The Labute approximate surface area is 313 Å². The molecular weight excluding hydrogens is 710 g/mol. The van der Waals surface area contributed by atoms with E-state index in [4.69, 9.17) is 20.8 Å². The zero-order valence-electron chi connectivity index (χ0n) is 31.1. The molecule has 6 aromatic rings. The van der Waals surface area contributed by atoms with Crippen molar-refractivity contribution >= 4 is 63.4 Å². The number of benzene rings is 2. The fourth-order valence-corrected chi connectivity index (χ4v) is 5.83. The highest BCUT2D eigenvalue weighted by molar-refractivity contribution is 6.17. The summed E-state index contributed by atoms with van der Waals surface area (Å²) in [6.07, 6.45) is 1.33. The first-order valence-corrected chi connectivity index (χ1v) is 16.5. The molecule has 1 N–H and O–H groups in total. The van der Waals surface area contributed by atoms with Crippen LogP contribution < -0.4 is 25.5 Å². The fraction of sp³-hybridized carbons (Fsp3) is 0.205. The Morgan fingerprint density at radius 2 is 1.38 bits per heavy atom. The number of imidazole rings is 1. The van der Waals surface area contributed by atoms with E-state index in [1.54, 1.807) is 82.3 Å². The van der Waals surface area contributed by atoms with Gasteiger partial charge in [0.25, 0.3) is 11.7 Å². The maximum atomic E-state index is 13.2. The van der Waals surface area contributed by atoms with Crippen LogP contribution in [0.15, 0.2) is 60.8 Å². The number of aromatic nitrogens is 5. The number of methoxy groups -OCH3 is 3. The SMILES string of the molecule is COC(=O)c1cnc2c(C(=O)Nc3ccccc3OC)c(C(C)=O)c(=C(C)C)n12.[C-]#[N+]c1c(C(=O)Oc2ccccc2)c2nc(C(=O)OC)nn2c1=C(C)C. The summed E-state index contributed by atoms with van der Waals surface area (Å²) in [7, 11) is 3.97. The van der Waals surface area contributed by atoms with Crippen molar-refractivity contribution in [3.05, 3.63) is 111 Å². The Bertz CT molecular complexity index is 2660.